The highest BCUT2D eigenvalue weighted by atomic mass is 32.2. The van der Waals surface area contributed by atoms with Gasteiger partial charge in [0.15, 0.2) is 11.8 Å². The normalized spacial score (nSPS) is 19.7. The number of anilines is 2. The molecule has 148 valence electrons. The van der Waals surface area contributed by atoms with E-state index < -0.39 is 21.8 Å². The van der Waals surface area contributed by atoms with Crippen molar-refractivity contribution in [1.29, 1.82) is 5.26 Å². The molecule has 10 heteroatoms. The predicted octanol–water partition coefficient (Wildman–Crippen LogP) is 2.68. The van der Waals surface area contributed by atoms with Crippen LogP contribution in [0.5, 0.6) is 0 Å². The SMILES string of the molecule is N#CC1CCCCC1n1cc(C(N)=O)c(Nc2ccc(S(=O)(=O)CF)cc2)n1. The van der Waals surface area contributed by atoms with Crippen molar-refractivity contribution < 1.29 is 17.6 Å². The number of nitriles is 1. The number of hydrogen-bond donors (Lipinski definition) is 2. The van der Waals surface area contributed by atoms with E-state index in [4.69, 9.17) is 5.73 Å². The highest BCUT2D eigenvalue weighted by molar-refractivity contribution is 7.91. The largest absolute Gasteiger partial charge is 0.365 e. The summed E-state index contributed by atoms with van der Waals surface area (Å²) in [5.41, 5.74) is 6.09. The van der Waals surface area contributed by atoms with Gasteiger partial charge in [-0.1, -0.05) is 12.8 Å². The molecule has 3 N–H and O–H groups in total. The van der Waals surface area contributed by atoms with Gasteiger partial charge in [0.25, 0.3) is 5.91 Å². The van der Waals surface area contributed by atoms with Crippen molar-refractivity contribution >= 4 is 27.2 Å². The zero-order valence-electron chi connectivity index (χ0n) is 15.0. The van der Waals surface area contributed by atoms with Crippen molar-refractivity contribution in [3.63, 3.8) is 0 Å². The molecule has 0 spiro atoms. The van der Waals surface area contributed by atoms with E-state index in [2.05, 4.69) is 16.5 Å². The van der Waals surface area contributed by atoms with E-state index >= 15 is 0 Å². The van der Waals surface area contributed by atoms with Crippen LogP contribution in [-0.2, 0) is 9.84 Å². The Morgan fingerprint density at radius 2 is 2.00 bits per heavy atom. The number of benzene rings is 1. The molecule has 1 aromatic heterocycles. The molecule has 0 bridgehead atoms. The van der Waals surface area contributed by atoms with Gasteiger partial charge in [0.1, 0.15) is 5.56 Å². The van der Waals surface area contributed by atoms with Crippen LogP contribution in [0.25, 0.3) is 0 Å². The van der Waals surface area contributed by atoms with Crippen LogP contribution in [0.3, 0.4) is 0 Å². The molecule has 1 aromatic carbocycles. The molecule has 1 aliphatic rings. The highest BCUT2D eigenvalue weighted by Crippen LogP contribution is 2.34. The zero-order chi connectivity index (χ0) is 20.3. The number of nitrogens with one attached hydrogen (secondary N) is 1. The van der Waals surface area contributed by atoms with Crippen molar-refractivity contribution in [2.75, 3.05) is 11.3 Å². The van der Waals surface area contributed by atoms with Crippen LogP contribution in [0.1, 0.15) is 42.1 Å². The number of hydrogen-bond acceptors (Lipinski definition) is 6. The second-order valence-electron chi connectivity index (χ2n) is 6.70. The minimum absolute atomic E-state index is 0.135. The molecular formula is C18H20FN5O3S. The van der Waals surface area contributed by atoms with Crippen molar-refractivity contribution in [3.8, 4) is 6.07 Å². The fourth-order valence-corrected chi connectivity index (χ4v) is 4.03. The number of alkyl halides is 1. The summed E-state index contributed by atoms with van der Waals surface area (Å²) in [5.74, 6) is -0.641. The quantitative estimate of drug-likeness (QED) is 0.760. The fourth-order valence-electron chi connectivity index (χ4n) is 3.36. The zero-order valence-corrected chi connectivity index (χ0v) is 15.8. The summed E-state index contributed by atoms with van der Waals surface area (Å²) < 4.78 is 37.3. The van der Waals surface area contributed by atoms with E-state index in [1.165, 1.54) is 30.5 Å². The lowest BCUT2D eigenvalue weighted by atomic mass is 9.85. The summed E-state index contributed by atoms with van der Waals surface area (Å²) in [6.07, 6.45) is 5.06. The smallest absolute Gasteiger partial charge is 0.254 e. The molecule has 0 radical (unpaired) electrons. The number of nitrogens with zero attached hydrogens (tertiary/aromatic N) is 3. The van der Waals surface area contributed by atoms with E-state index in [1.54, 1.807) is 4.68 Å². The van der Waals surface area contributed by atoms with Gasteiger partial charge in [-0.2, -0.15) is 10.4 Å². The van der Waals surface area contributed by atoms with Crippen LogP contribution in [0.2, 0.25) is 0 Å². The molecule has 28 heavy (non-hydrogen) atoms. The fraction of sp³-hybridized carbons (Fsp3) is 0.389. The molecule has 2 unspecified atom stereocenters. The first-order valence-corrected chi connectivity index (χ1v) is 10.5. The van der Waals surface area contributed by atoms with Gasteiger partial charge < -0.3 is 11.1 Å². The van der Waals surface area contributed by atoms with Crippen LogP contribution in [0.15, 0.2) is 35.4 Å². The second kappa shape index (κ2) is 7.98. The molecule has 1 heterocycles. The first-order chi connectivity index (χ1) is 13.4. The molecule has 0 saturated heterocycles. The Kier molecular flexibility index (Phi) is 5.65. The summed E-state index contributed by atoms with van der Waals surface area (Å²) in [5, 5.41) is 16.7. The molecule has 8 nitrogen and oxygen atoms in total. The Morgan fingerprint density at radius 3 is 2.61 bits per heavy atom. The topological polar surface area (TPSA) is 131 Å². The Balaban J connectivity index is 1.88. The molecule has 1 saturated carbocycles. The van der Waals surface area contributed by atoms with Gasteiger partial charge in [0.05, 0.1) is 22.9 Å². The van der Waals surface area contributed by atoms with E-state index in [0.29, 0.717) is 5.69 Å². The highest BCUT2D eigenvalue weighted by Gasteiger charge is 2.29. The number of amides is 1. The van der Waals surface area contributed by atoms with Gasteiger partial charge in [0.2, 0.25) is 9.84 Å². The summed E-state index contributed by atoms with van der Waals surface area (Å²) in [4.78, 5) is 11.7. The van der Waals surface area contributed by atoms with Crippen molar-refractivity contribution in [1.82, 2.24) is 9.78 Å². The summed E-state index contributed by atoms with van der Waals surface area (Å²) in [6.45, 7) is 0. The predicted molar refractivity (Wildman–Crippen MR) is 100 cm³/mol. The monoisotopic (exact) mass is 405 g/mol. The van der Waals surface area contributed by atoms with Gasteiger partial charge in [-0.05, 0) is 37.1 Å². The summed E-state index contributed by atoms with van der Waals surface area (Å²) in [6, 6.07) is 6.13. The number of primary amides is 1. The molecule has 2 atom stereocenters. The van der Waals surface area contributed by atoms with Gasteiger partial charge in [-0.3, -0.25) is 9.48 Å². The van der Waals surface area contributed by atoms with Crippen molar-refractivity contribution in [2.45, 2.75) is 36.6 Å². The van der Waals surface area contributed by atoms with E-state index in [1.807, 2.05) is 0 Å². The van der Waals surface area contributed by atoms with Crippen molar-refractivity contribution in [3.05, 3.63) is 36.0 Å². The molecule has 1 amide bonds. The summed E-state index contributed by atoms with van der Waals surface area (Å²) >= 11 is 0. The Hall–Kier alpha value is -2.93. The lowest BCUT2D eigenvalue weighted by Crippen LogP contribution is -2.22. The molecule has 1 fully saturated rings. The lowest BCUT2D eigenvalue weighted by molar-refractivity contribution is 0.100. The van der Waals surface area contributed by atoms with E-state index in [-0.39, 0.29) is 28.2 Å². The maximum atomic E-state index is 12.6. The summed E-state index contributed by atoms with van der Waals surface area (Å²) in [7, 11) is -3.95. The maximum Gasteiger partial charge on any atom is 0.254 e. The number of carbonyl (C=O) groups is 1. The van der Waals surface area contributed by atoms with Gasteiger partial charge in [-0.15, -0.1) is 0 Å². The lowest BCUT2D eigenvalue weighted by Gasteiger charge is -2.26. The third-order valence-corrected chi connectivity index (χ3v) is 6.13. The minimum atomic E-state index is -3.95. The standard InChI is InChI=1S/C18H20FN5O3S/c19-11-28(26,27)14-7-5-13(6-8-14)22-18-15(17(21)25)10-24(23-18)16-4-2-1-3-12(16)9-20/h5-8,10,12,16H,1-4,11H2,(H2,21,25)(H,22,23). The minimum Gasteiger partial charge on any atom is -0.365 e. The first-order valence-electron chi connectivity index (χ1n) is 8.80. The Bertz CT molecular complexity index is 1010. The molecule has 3 rings (SSSR count). The first kappa shape index (κ1) is 19.8. The Morgan fingerprint density at radius 1 is 1.32 bits per heavy atom. The number of halogens is 1. The van der Waals surface area contributed by atoms with Gasteiger partial charge in [0, 0.05) is 11.9 Å². The average molecular weight is 405 g/mol. The molecule has 1 aliphatic carbocycles. The molecule has 0 aliphatic heterocycles. The number of sulfone groups is 1. The number of nitrogens with two attached hydrogens (primary N) is 1. The van der Waals surface area contributed by atoms with Crippen LogP contribution in [0.4, 0.5) is 15.9 Å². The number of carbonyl (C=O) groups excluding carboxylic acids is 1. The van der Waals surface area contributed by atoms with E-state index in [9.17, 15) is 22.9 Å². The van der Waals surface area contributed by atoms with Crippen LogP contribution < -0.4 is 11.1 Å². The third kappa shape index (κ3) is 3.99. The average Bonchev–Trinajstić information content (AvgIpc) is 3.12. The molecular weight excluding hydrogens is 385 g/mol. The molecule has 2 aromatic rings. The van der Waals surface area contributed by atoms with Crippen LogP contribution in [-0.4, -0.2) is 30.1 Å². The number of rotatable bonds is 6. The van der Waals surface area contributed by atoms with Crippen LogP contribution >= 0.6 is 0 Å². The van der Waals surface area contributed by atoms with Gasteiger partial charge in [-0.25, -0.2) is 12.8 Å². The van der Waals surface area contributed by atoms with Crippen LogP contribution in [0, 0.1) is 17.2 Å². The van der Waals surface area contributed by atoms with E-state index in [0.717, 1.165) is 25.7 Å². The Labute approximate surface area is 162 Å². The maximum absolute atomic E-state index is 12.6. The van der Waals surface area contributed by atoms with Gasteiger partial charge >= 0.3 is 0 Å². The third-order valence-electron chi connectivity index (χ3n) is 4.85. The van der Waals surface area contributed by atoms with Crippen molar-refractivity contribution in [2.24, 2.45) is 11.7 Å². The second-order valence-corrected chi connectivity index (χ2v) is 8.62. The number of aromatic nitrogens is 2.